The van der Waals surface area contributed by atoms with Crippen LogP contribution >= 0.6 is 0 Å². The van der Waals surface area contributed by atoms with E-state index < -0.39 is 29.4 Å². The Bertz CT molecular complexity index is 511. The molecule has 116 valence electrons. The van der Waals surface area contributed by atoms with Crippen molar-refractivity contribution in [2.24, 2.45) is 0 Å². The van der Waals surface area contributed by atoms with Gasteiger partial charge >= 0.3 is 12.4 Å². The van der Waals surface area contributed by atoms with Gasteiger partial charge in [0.1, 0.15) is 5.78 Å². The Kier molecular flexibility index (Phi) is 4.04. The third kappa shape index (κ3) is 3.57. The van der Waals surface area contributed by atoms with E-state index in [-0.39, 0.29) is 30.3 Å². The van der Waals surface area contributed by atoms with Crippen LogP contribution in [0.25, 0.3) is 0 Å². The summed E-state index contributed by atoms with van der Waals surface area (Å²) in [6.07, 6.45) is -8.03. The minimum absolute atomic E-state index is 0.0802. The summed E-state index contributed by atoms with van der Waals surface area (Å²) >= 11 is 0. The predicted molar refractivity (Wildman–Crippen MR) is 62.7 cm³/mol. The zero-order chi connectivity index (χ0) is 15.8. The molecule has 0 aliphatic heterocycles. The highest BCUT2D eigenvalue weighted by molar-refractivity contribution is 5.86. The molecule has 0 bridgehead atoms. The molecule has 1 aromatic carbocycles. The van der Waals surface area contributed by atoms with Crippen molar-refractivity contribution in [1.82, 2.24) is 0 Å². The maximum absolute atomic E-state index is 12.7. The van der Waals surface area contributed by atoms with E-state index in [1.54, 1.807) is 0 Å². The van der Waals surface area contributed by atoms with Crippen LogP contribution in [0.5, 0.6) is 0 Å². The van der Waals surface area contributed by atoms with Crippen LogP contribution in [0.15, 0.2) is 18.2 Å². The van der Waals surface area contributed by atoms with Gasteiger partial charge in [0.25, 0.3) is 0 Å². The van der Waals surface area contributed by atoms with Gasteiger partial charge in [-0.2, -0.15) is 26.3 Å². The van der Waals surface area contributed by atoms with Crippen molar-refractivity contribution in [2.45, 2.75) is 44.0 Å². The van der Waals surface area contributed by atoms with Crippen LogP contribution in [-0.2, 0) is 17.1 Å². The fourth-order valence-electron chi connectivity index (χ4n) is 2.52. The summed E-state index contributed by atoms with van der Waals surface area (Å²) in [5.74, 6) is -1.17. The fraction of sp³-hybridized carbons (Fsp3) is 0.500. The molecule has 21 heavy (non-hydrogen) atoms. The third-order valence-electron chi connectivity index (χ3n) is 3.57. The summed E-state index contributed by atoms with van der Waals surface area (Å²) in [4.78, 5) is 11.8. The first-order chi connectivity index (χ1) is 9.59. The van der Waals surface area contributed by atoms with Crippen molar-refractivity contribution in [3.05, 3.63) is 34.9 Å². The van der Waals surface area contributed by atoms with Crippen molar-refractivity contribution in [2.75, 3.05) is 0 Å². The lowest BCUT2D eigenvalue weighted by molar-refractivity contribution is -0.143. The molecule has 1 nitrogen and oxygen atoms in total. The first-order valence-electron chi connectivity index (χ1n) is 6.41. The number of carbonyl (C=O) groups is 1. The smallest absolute Gasteiger partial charge is 0.299 e. The molecule has 0 N–H and O–H groups in total. The van der Waals surface area contributed by atoms with E-state index in [1.807, 2.05) is 0 Å². The summed E-state index contributed by atoms with van der Waals surface area (Å²) in [5.41, 5.74) is -2.93. The summed E-state index contributed by atoms with van der Waals surface area (Å²) in [6, 6.07) is 1.39. The summed E-state index contributed by atoms with van der Waals surface area (Å²) in [7, 11) is 0. The molecule has 1 aliphatic rings. The largest absolute Gasteiger partial charge is 0.416 e. The first kappa shape index (κ1) is 15.9. The number of hydrogen-bond donors (Lipinski definition) is 0. The second-order valence-corrected chi connectivity index (χ2v) is 5.10. The Labute approximate surface area is 116 Å². The molecule has 1 atom stereocenters. The van der Waals surface area contributed by atoms with Crippen LogP contribution in [0, 0.1) is 0 Å². The van der Waals surface area contributed by atoms with Gasteiger partial charge < -0.3 is 0 Å². The van der Waals surface area contributed by atoms with E-state index >= 15 is 0 Å². The Hall–Kier alpha value is -1.53. The highest BCUT2D eigenvalue weighted by Crippen LogP contribution is 2.39. The Balaban J connectivity index is 2.52. The van der Waals surface area contributed by atoms with Gasteiger partial charge in [0.05, 0.1) is 11.1 Å². The van der Waals surface area contributed by atoms with Crippen molar-refractivity contribution >= 4 is 5.78 Å². The molecule has 0 amide bonds. The number of Topliss-reactive ketones (excluding diaryl/α,β-unsaturated/α-hetero) is 1. The van der Waals surface area contributed by atoms with Gasteiger partial charge in [0, 0.05) is 12.3 Å². The lowest BCUT2D eigenvalue weighted by atomic mass is 9.82. The number of carbonyl (C=O) groups excluding carboxylic acids is 1. The first-order valence-corrected chi connectivity index (χ1v) is 6.41. The number of halogens is 6. The van der Waals surface area contributed by atoms with Gasteiger partial charge in [0.15, 0.2) is 0 Å². The van der Waals surface area contributed by atoms with Gasteiger partial charge in [-0.15, -0.1) is 0 Å². The fourth-order valence-corrected chi connectivity index (χ4v) is 2.52. The second-order valence-electron chi connectivity index (χ2n) is 5.10. The SMILES string of the molecule is O=C1CCCC[C@@H]1c1cc(C(F)(F)F)cc(C(F)(F)F)c1. The lowest BCUT2D eigenvalue weighted by Crippen LogP contribution is -2.19. The molecule has 1 saturated carbocycles. The zero-order valence-corrected chi connectivity index (χ0v) is 10.8. The van der Waals surface area contributed by atoms with Gasteiger partial charge in [0.2, 0.25) is 0 Å². The molecule has 0 unspecified atom stereocenters. The topological polar surface area (TPSA) is 17.1 Å². The van der Waals surface area contributed by atoms with Crippen molar-refractivity contribution in [3.8, 4) is 0 Å². The molecule has 0 radical (unpaired) electrons. The molecule has 0 heterocycles. The molecule has 7 heteroatoms. The Morgan fingerprint density at radius 2 is 1.38 bits per heavy atom. The van der Waals surface area contributed by atoms with E-state index in [4.69, 9.17) is 0 Å². The molecule has 1 aromatic rings. The lowest BCUT2D eigenvalue weighted by Gasteiger charge is -2.23. The number of alkyl halides is 6. The maximum Gasteiger partial charge on any atom is 0.416 e. The van der Waals surface area contributed by atoms with Gasteiger partial charge in [-0.3, -0.25) is 4.79 Å². The van der Waals surface area contributed by atoms with E-state index in [9.17, 15) is 31.1 Å². The normalized spacial score (nSPS) is 20.7. The molecule has 0 spiro atoms. The monoisotopic (exact) mass is 310 g/mol. The van der Waals surface area contributed by atoms with Gasteiger partial charge in [-0.1, -0.05) is 6.42 Å². The van der Waals surface area contributed by atoms with Crippen LogP contribution in [0.1, 0.15) is 48.3 Å². The maximum atomic E-state index is 12.7. The average Bonchev–Trinajstić information content (AvgIpc) is 2.36. The minimum atomic E-state index is -4.88. The van der Waals surface area contributed by atoms with Crippen LogP contribution in [0.3, 0.4) is 0 Å². The predicted octanol–water partition coefficient (Wildman–Crippen LogP) is 4.95. The Morgan fingerprint density at radius 3 is 1.81 bits per heavy atom. The molecular formula is C14H12F6O. The van der Waals surface area contributed by atoms with E-state index in [1.165, 1.54) is 0 Å². The summed E-state index contributed by atoms with van der Waals surface area (Å²) in [6.45, 7) is 0. The number of ketones is 1. The molecule has 0 aromatic heterocycles. The van der Waals surface area contributed by atoms with Crippen molar-refractivity contribution < 1.29 is 31.1 Å². The quantitative estimate of drug-likeness (QED) is 0.671. The van der Waals surface area contributed by atoms with Crippen LogP contribution in [0.4, 0.5) is 26.3 Å². The van der Waals surface area contributed by atoms with E-state index in [0.717, 1.165) is 0 Å². The molecule has 0 saturated heterocycles. The highest BCUT2D eigenvalue weighted by Gasteiger charge is 2.38. The molecule has 2 rings (SSSR count). The van der Waals surface area contributed by atoms with Crippen LogP contribution in [-0.4, -0.2) is 5.78 Å². The van der Waals surface area contributed by atoms with E-state index in [2.05, 4.69) is 0 Å². The summed E-state index contributed by atoms with van der Waals surface area (Å²) in [5, 5.41) is 0. The number of benzene rings is 1. The summed E-state index contributed by atoms with van der Waals surface area (Å²) < 4.78 is 76.5. The zero-order valence-electron chi connectivity index (χ0n) is 10.8. The van der Waals surface area contributed by atoms with Gasteiger partial charge in [-0.05, 0) is 36.6 Å². The Morgan fingerprint density at radius 1 is 0.857 bits per heavy atom. The minimum Gasteiger partial charge on any atom is -0.299 e. The molecular weight excluding hydrogens is 298 g/mol. The standard InChI is InChI=1S/C14H12F6O/c15-13(16,17)9-5-8(6-10(7-9)14(18,19)20)11-3-1-2-4-12(11)21/h5-7,11H,1-4H2/t11-/m1/s1. The van der Waals surface area contributed by atoms with Crippen molar-refractivity contribution in [1.29, 1.82) is 0 Å². The van der Waals surface area contributed by atoms with Crippen molar-refractivity contribution in [3.63, 3.8) is 0 Å². The van der Waals surface area contributed by atoms with Crippen LogP contribution in [0.2, 0.25) is 0 Å². The molecule has 1 fully saturated rings. The number of rotatable bonds is 1. The van der Waals surface area contributed by atoms with E-state index in [0.29, 0.717) is 25.0 Å². The molecule has 1 aliphatic carbocycles. The highest BCUT2D eigenvalue weighted by atomic mass is 19.4. The number of hydrogen-bond acceptors (Lipinski definition) is 1. The second kappa shape index (κ2) is 5.35. The van der Waals surface area contributed by atoms with Gasteiger partial charge in [-0.25, -0.2) is 0 Å². The van der Waals surface area contributed by atoms with Crippen LogP contribution < -0.4 is 0 Å². The third-order valence-corrected chi connectivity index (χ3v) is 3.57. The average molecular weight is 310 g/mol.